The monoisotopic (exact) mass is 252 g/mol. The average Bonchev–Trinajstić information content (AvgIpc) is 2.37. The zero-order chi connectivity index (χ0) is 13.5. The highest BCUT2D eigenvalue weighted by molar-refractivity contribution is 5.49. The summed E-state index contributed by atoms with van der Waals surface area (Å²) in [5.74, 6) is -0.114. The molecule has 0 radical (unpaired) electrons. The van der Waals surface area contributed by atoms with Crippen LogP contribution in [0.2, 0.25) is 0 Å². The van der Waals surface area contributed by atoms with Gasteiger partial charge in [-0.2, -0.15) is 0 Å². The number of halogens is 1. The molecule has 0 aliphatic carbocycles. The molecular weight excluding hydrogens is 227 g/mol. The zero-order valence-electron chi connectivity index (χ0n) is 12.0. The normalized spacial score (nSPS) is 12.5. The van der Waals surface area contributed by atoms with Crippen LogP contribution in [-0.4, -0.2) is 20.1 Å². The van der Waals surface area contributed by atoms with E-state index < -0.39 is 0 Å². The van der Waals surface area contributed by atoms with Gasteiger partial charge in [0.2, 0.25) is 0 Å². The number of nitrogens with one attached hydrogen (secondary N) is 1. The highest BCUT2D eigenvalue weighted by Crippen LogP contribution is 2.23. The van der Waals surface area contributed by atoms with Gasteiger partial charge in [0.05, 0.1) is 5.69 Å². The van der Waals surface area contributed by atoms with Crippen molar-refractivity contribution in [3.63, 3.8) is 0 Å². The predicted octanol–water partition coefficient (Wildman–Crippen LogP) is 3.73. The number of benzene rings is 1. The third-order valence-corrected chi connectivity index (χ3v) is 3.23. The number of hydrogen-bond acceptors (Lipinski definition) is 2. The minimum absolute atomic E-state index is 0.114. The maximum absolute atomic E-state index is 14.2. The van der Waals surface area contributed by atoms with Gasteiger partial charge in [0.25, 0.3) is 0 Å². The first kappa shape index (κ1) is 15.0. The summed E-state index contributed by atoms with van der Waals surface area (Å²) in [7, 11) is 1.89. The van der Waals surface area contributed by atoms with Crippen molar-refractivity contribution in [2.45, 2.75) is 39.7 Å². The van der Waals surface area contributed by atoms with Crippen molar-refractivity contribution in [1.29, 1.82) is 0 Å². The van der Waals surface area contributed by atoms with Crippen molar-refractivity contribution >= 4 is 5.69 Å². The van der Waals surface area contributed by atoms with Crippen LogP contribution in [0.25, 0.3) is 0 Å². The average molecular weight is 252 g/mol. The van der Waals surface area contributed by atoms with E-state index in [4.69, 9.17) is 0 Å². The quantitative estimate of drug-likeness (QED) is 0.795. The molecule has 0 spiro atoms. The lowest BCUT2D eigenvalue weighted by molar-refractivity contribution is 0.598. The van der Waals surface area contributed by atoms with Crippen molar-refractivity contribution in [3.05, 3.63) is 29.6 Å². The molecule has 0 saturated heterocycles. The maximum atomic E-state index is 14.2. The number of rotatable bonds is 7. The second-order valence-corrected chi connectivity index (χ2v) is 4.71. The Balaban J connectivity index is 2.95. The molecule has 1 unspecified atom stereocenters. The fraction of sp³-hybridized carbons (Fsp3) is 0.600. The maximum Gasteiger partial charge on any atom is 0.146 e. The second kappa shape index (κ2) is 7.37. The van der Waals surface area contributed by atoms with Crippen molar-refractivity contribution in [2.24, 2.45) is 0 Å². The molecule has 1 N–H and O–H groups in total. The van der Waals surface area contributed by atoms with Gasteiger partial charge in [-0.1, -0.05) is 19.9 Å². The Bertz CT molecular complexity index is 360. The van der Waals surface area contributed by atoms with Crippen molar-refractivity contribution in [2.75, 3.05) is 25.0 Å². The first-order valence-electron chi connectivity index (χ1n) is 6.85. The third kappa shape index (κ3) is 3.70. The summed E-state index contributed by atoms with van der Waals surface area (Å²) in [5, 5.41) is 3.13. The predicted molar refractivity (Wildman–Crippen MR) is 76.7 cm³/mol. The van der Waals surface area contributed by atoms with Crippen LogP contribution in [0.5, 0.6) is 0 Å². The third-order valence-electron chi connectivity index (χ3n) is 3.23. The van der Waals surface area contributed by atoms with E-state index >= 15 is 0 Å². The molecule has 102 valence electrons. The summed E-state index contributed by atoms with van der Waals surface area (Å²) in [6.07, 6.45) is 2.07. The molecule has 1 rings (SSSR count). The minimum Gasteiger partial charge on any atom is -0.369 e. The highest BCUT2D eigenvalue weighted by Gasteiger charge is 2.12. The first-order chi connectivity index (χ1) is 8.63. The van der Waals surface area contributed by atoms with E-state index in [2.05, 4.69) is 24.1 Å². The summed E-state index contributed by atoms with van der Waals surface area (Å²) in [5.41, 5.74) is 1.72. The van der Waals surface area contributed by atoms with Crippen molar-refractivity contribution in [1.82, 2.24) is 5.32 Å². The van der Waals surface area contributed by atoms with Gasteiger partial charge in [0, 0.05) is 19.1 Å². The Morgan fingerprint density at radius 3 is 2.28 bits per heavy atom. The molecule has 2 nitrogen and oxygen atoms in total. The van der Waals surface area contributed by atoms with E-state index in [-0.39, 0.29) is 11.9 Å². The van der Waals surface area contributed by atoms with E-state index in [9.17, 15) is 4.39 Å². The van der Waals surface area contributed by atoms with Crippen LogP contribution in [0.1, 0.15) is 45.2 Å². The van der Waals surface area contributed by atoms with E-state index in [1.807, 2.05) is 26.1 Å². The molecule has 18 heavy (non-hydrogen) atoms. The minimum atomic E-state index is -0.114. The van der Waals surface area contributed by atoms with Gasteiger partial charge in [-0.3, -0.25) is 0 Å². The molecule has 0 aliphatic heterocycles. The van der Waals surface area contributed by atoms with Gasteiger partial charge in [0.1, 0.15) is 5.82 Å². The molecule has 0 saturated carbocycles. The number of nitrogens with zero attached hydrogens (tertiary/aromatic N) is 1. The second-order valence-electron chi connectivity index (χ2n) is 4.71. The Labute approximate surface area is 110 Å². The van der Waals surface area contributed by atoms with E-state index in [0.29, 0.717) is 0 Å². The molecule has 3 heteroatoms. The molecule has 0 amide bonds. The van der Waals surface area contributed by atoms with Crippen LogP contribution >= 0.6 is 0 Å². The van der Waals surface area contributed by atoms with Gasteiger partial charge >= 0.3 is 0 Å². The molecule has 0 bridgehead atoms. The van der Waals surface area contributed by atoms with Crippen LogP contribution < -0.4 is 10.2 Å². The largest absolute Gasteiger partial charge is 0.369 e. The molecule has 0 aromatic heterocycles. The smallest absolute Gasteiger partial charge is 0.146 e. The van der Waals surface area contributed by atoms with Gasteiger partial charge in [0.15, 0.2) is 0 Å². The van der Waals surface area contributed by atoms with Gasteiger partial charge < -0.3 is 10.2 Å². The van der Waals surface area contributed by atoms with Crippen LogP contribution in [0.4, 0.5) is 10.1 Å². The van der Waals surface area contributed by atoms with Crippen molar-refractivity contribution in [3.8, 4) is 0 Å². The Kier molecular flexibility index (Phi) is 6.13. The SMILES string of the molecule is CCCN(CCC)c1ccc(C(C)NC)cc1F. The van der Waals surface area contributed by atoms with Gasteiger partial charge in [-0.05, 0) is 44.5 Å². The summed E-state index contributed by atoms with van der Waals surface area (Å²) in [6, 6.07) is 5.75. The lowest BCUT2D eigenvalue weighted by Gasteiger charge is -2.25. The first-order valence-corrected chi connectivity index (χ1v) is 6.85. The molecule has 0 fully saturated rings. The fourth-order valence-electron chi connectivity index (χ4n) is 2.11. The van der Waals surface area contributed by atoms with Gasteiger partial charge in [-0.15, -0.1) is 0 Å². The van der Waals surface area contributed by atoms with Crippen LogP contribution in [-0.2, 0) is 0 Å². The van der Waals surface area contributed by atoms with Crippen LogP contribution in [0, 0.1) is 5.82 Å². The molecule has 0 heterocycles. The lowest BCUT2D eigenvalue weighted by atomic mass is 10.1. The lowest BCUT2D eigenvalue weighted by Crippen LogP contribution is -2.26. The zero-order valence-corrected chi connectivity index (χ0v) is 12.0. The summed E-state index contributed by atoms with van der Waals surface area (Å²) in [6.45, 7) is 8.09. The summed E-state index contributed by atoms with van der Waals surface area (Å²) >= 11 is 0. The topological polar surface area (TPSA) is 15.3 Å². The van der Waals surface area contributed by atoms with E-state index in [1.54, 1.807) is 6.07 Å². The van der Waals surface area contributed by atoms with Crippen LogP contribution in [0.3, 0.4) is 0 Å². The summed E-state index contributed by atoms with van der Waals surface area (Å²) < 4.78 is 14.2. The highest BCUT2D eigenvalue weighted by atomic mass is 19.1. The number of hydrogen-bond donors (Lipinski definition) is 1. The standard InChI is InChI=1S/C15H25FN2/c1-5-9-18(10-6-2)15-8-7-13(11-14(15)16)12(3)17-4/h7-8,11-12,17H,5-6,9-10H2,1-4H3. The molecule has 1 aromatic carbocycles. The number of anilines is 1. The van der Waals surface area contributed by atoms with Crippen LogP contribution in [0.15, 0.2) is 18.2 Å². The van der Waals surface area contributed by atoms with Crippen molar-refractivity contribution < 1.29 is 4.39 Å². The molecule has 1 atom stereocenters. The van der Waals surface area contributed by atoms with Gasteiger partial charge in [-0.25, -0.2) is 4.39 Å². The molecule has 0 aliphatic rings. The Hall–Kier alpha value is -1.09. The van der Waals surface area contributed by atoms with E-state index in [1.165, 1.54) is 0 Å². The molecular formula is C15H25FN2. The molecule has 1 aromatic rings. The fourth-order valence-corrected chi connectivity index (χ4v) is 2.11. The van der Waals surface area contributed by atoms with E-state index in [0.717, 1.165) is 37.2 Å². The Morgan fingerprint density at radius 2 is 1.83 bits per heavy atom. The Morgan fingerprint density at radius 1 is 1.22 bits per heavy atom. The summed E-state index contributed by atoms with van der Waals surface area (Å²) in [4.78, 5) is 2.13.